The second-order valence-corrected chi connectivity index (χ2v) is 8.26. The van der Waals surface area contributed by atoms with Crippen LogP contribution >= 0.6 is 0 Å². The molecule has 3 aliphatic rings. The molecular weight excluding hydrogens is 368 g/mol. The number of Topliss-reactive ketones (excluding diaryl/α,β-unsaturated/α-hetero) is 1. The lowest BCUT2D eigenvalue weighted by Gasteiger charge is -2.31. The number of hydrogen-bond donors (Lipinski definition) is 1. The first-order valence-electron chi connectivity index (χ1n) is 10.6. The lowest BCUT2D eigenvalue weighted by molar-refractivity contribution is -0.132. The maximum atomic E-state index is 12.6. The smallest absolute Gasteiger partial charge is 0.246 e. The van der Waals surface area contributed by atoms with E-state index in [0.29, 0.717) is 49.9 Å². The van der Waals surface area contributed by atoms with E-state index in [1.165, 1.54) is 19.3 Å². The van der Waals surface area contributed by atoms with Gasteiger partial charge in [0.1, 0.15) is 6.54 Å². The van der Waals surface area contributed by atoms with Crippen LogP contribution in [0.3, 0.4) is 0 Å². The van der Waals surface area contributed by atoms with Crippen LogP contribution in [0.15, 0.2) is 23.2 Å². The van der Waals surface area contributed by atoms with Gasteiger partial charge in [-0.1, -0.05) is 19.3 Å². The Morgan fingerprint density at radius 3 is 2.76 bits per heavy atom. The molecule has 0 bridgehead atoms. The second kappa shape index (κ2) is 8.35. The summed E-state index contributed by atoms with van der Waals surface area (Å²) in [6.45, 7) is 0.867. The Bertz CT molecular complexity index is 858. The van der Waals surface area contributed by atoms with Crippen molar-refractivity contribution in [1.29, 1.82) is 0 Å². The lowest BCUT2D eigenvalue weighted by atomic mass is 9.94. The highest BCUT2D eigenvalue weighted by Gasteiger charge is 2.29. The molecule has 4 rings (SSSR count). The van der Waals surface area contributed by atoms with Crippen LogP contribution in [0.25, 0.3) is 0 Å². The molecule has 0 radical (unpaired) electrons. The Kier molecular flexibility index (Phi) is 5.65. The van der Waals surface area contributed by atoms with Crippen LogP contribution in [0.1, 0.15) is 67.3 Å². The largest absolute Gasteiger partial charge is 0.343 e. The number of guanidine groups is 1. The molecule has 1 aromatic rings. The Hall–Kier alpha value is -2.70. The molecule has 2 amide bonds. The van der Waals surface area contributed by atoms with Gasteiger partial charge in [0.05, 0.1) is 5.69 Å². The van der Waals surface area contributed by atoms with Crippen molar-refractivity contribution in [3.8, 4) is 0 Å². The fourth-order valence-corrected chi connectivity index (χ4v) is 4.43. The number of aliphatic imine (C=N–C) groups is 1. The molecule has 0 aromatic heterocycles. The minimum atomic E-state index is -0.0595. The Morgan fingerprint density at radius 1 is 1.17 bits per heavy atom. The summed E-state index contributed by atoms with van der Waals surface area (Å²) in [7, 11) is 1.90. The summed E-state index contributed by atoms with van der Waals surface area (Å²) >= 11 is 0. The molecule has 0 unspecified atom stereocenters. The number of fused-ring (bicyclic) bond motifs is 2. The number of carbonyl (C=O) groups is 3. The lowest BCUT2D eigenvalue weighted by Crippen LogP contribution is -2.38. The van der Waals surface area contributed by atoms with Crippen LogP contribution in [-0.4, -0.2) is 53.0 Å². The first-order chi connectivity index (χ1) is 14.0. The zero-order valence-electron chi connectivity index (χ0n) is 16.9. The van der Waals surface area contributed by atoms with E-state index in [1.54, 1.807) is 6.07 Å². The molecule has 0 spiro atoms. The molecule has 29 heavy (non-hydrogen) atoms. The summed E-state index contributed by atoms with van der Waals surface area (Å²) in [4.78, 5) is 44.8. The van der Waals surface area contributed by atoms with Crippen molar-refractivity contribution in [1.82, 2.24) is 15.1 Å². The molecule has 7 nitrogen and oxygen atoms in total. The molecule has 1 aromatic carbocycles. The quantitative estimate of drug-likeness (QED) is 0.750. The first kappa shape index (κ1) is 19.6. The van der Waals surface area contributed by atoms with Gasteiger partial charge in [-0.2, -0.15) is 0 Å². The average Bonchev–Trinajstić information content (AvgIpc) is 3.10. The molecule has 0 atom stereocenters. The molecule has 1 saturated carbocycles. The third kappa shape index (κ3) is 4.33. The van der Waals surface area contributed by atoms with Crippen molar-refractivity contribution in [2.24, 2.45) is 4.99 Å². The number of carbonyl (C=O) groups excluding carboxylic acids is 3. The van der Waals surface area contributed by atoms with E-state index in [-0.39, 0.29) is 17.6 Å². The normalized spacial score (nSPS) is 18.6. The van der Waals surface area contributed by atoms with Crippen LogP contribution in [0, 0.1) is 0 Å². The molecule has 2 fully saturated rings. The van der Waals surface area contributed by atoms with Gasteiger partial charge in [-0.05, 0) is 43.0 Å². The summed E-state index contributed by atoms with van der Waals surface area (Å²) in [6.07, 6.45) is 7.21. The maximum Gasteiger partial charge on any atom is 0.246 e. The Balaban J connectivity index is 1.30. The maximum absolute atomic E-state index is 12.6. The predicted octanol–water partition coefficient (Wildman–Crippen LogP) is 2.76. The summed E-state index contributed by atoms with van der Waals surface area (Å²) < 4.78 is 0. The van der Waals surface area contributed by atoms with Crippen LogP contribution < -0.4 is 5.32 Å². The number of amides is 2. The van der Waals surface area contributed by atoms with Gasteiger partial charge in [0.15, 0.2) is 5.78 Å². The van der Waals surface area contributed by atoms with E-state index in [9.17, 15) is 14.4 Å². The zero-order chi connectivity index (χ0) is 20.4. The predicted molar refractivity (Wildman–Crippen MR) is 110 cm³/mol. The standard InChI is InChI=1S/C22H28N4O3/c1-25(17-6-3-2-4-7-17)21(29)9-5-8-19(27)15-10-11-18-16(12-15)13-26-14-20(28)24-22(26)23-18/h10-12,17H,2-9,13-14H2,1H3,(H,23,24,28). The molecule has 1 aliphatic carbocycles. The average molecular weight is 396 g/mol. The SMILES string of the molecule is CN(C(=O)CCCC(=O)c1ccc2c(c1)CN1CC(=O)NC1=N2)C1CCCCC1. The van der Waals surface area contributed by atoms with E-state index in [1.807, 2.05) is 29.0 Å². The number of nitrogens with one attached hydrogen (secondary N) is 1. The number of benzene rings is 1. The number of hydrogen-bond acceptors (Lipinski definition) is 5. The van der Waals surface area contributed by atoms with Crippen molar-refractivity contribution in [3.63, 3.8) is 0 Å². The summed E-state index contributed by atoms with van der Waals surface area (Å²) in [5.41, 5.74) is 2.39. The zero-order valence-corrected chi connectivity index (χ0v) is 16.9. The van der Waals surface area contributed by atoms with Crippen LogP contribution in [-0.2, 0) is 16.1 Å². The minimum absolute atomic E-state index is 0.0475. The van der Waals surface area contributed by atoms with Crippen molar-refractivity contribution < 1.29 is 14.4 Å². The molecule has 154 valence electrons. The molecule has 2 heterocycles. The van der Waals surface area contributed by atoms with E-state index in [2.05, 4.69) is 10.3 Å². The van der Waals surface area contributed by atoms with Gasteiger partial charge in [-0.3, -0.25) is 19.7 Å². The van der Waals surface area contributed by atoms with Gasteiger partial charge in [0.2, 0.25) is 17.8 Å². The van der Waals surface area contributed by atoms with E-state index >= 15 is 0 Å². The third-order valence-corrected chi connectivity index (χ3v) is 6.18. The van der Waals surface area contributed by atoms with Crippen molar-refractivity contribution in [2.75, 3.05) is 13.6 Å². The minimum Gasteiger partial charge on any atom is -0.343 e. The highest BCUT2D eigenvalue weighted by atomic mass is 16.2. The summed E-state index contributed by atoms with van der Waals surface area (Å²) in [5, 5.41) is 2.74. The first-order valence-corrected chi connectivity index (χ1v) is 10.6. The third-order valence-electron chi connectivity index (χ3n) is 6.18. The van der Waals surface area contributed by atoms with Gasteiger partial charge in [-0.25, -0.2) is 4.99 Å². The molecular formula is C22H28N4O3. The molecule has 7 heteroatoms. The molecule has 1 saturated heterocycles. The number of rotatable bonds is 6. The van der Waals surface area contributed by atoms with E-state index < -0.39 is 0 Å². The second-order valence-electron chi connectivity index (χ2n) is 8.26. The van der Waals surface area contributed by atoms with E-state index in [4.69, 9.17) is 0 Å². The van der Waals surface area contributed by atoms with Gasteiger partial charge in [0.25, 0.3) is 0 Å². The van der Waals surface area contributed by atoms with Crippen LogP contribution in [0.2, 0.25) is 0 Å². The highest BCUT2D eigenvalue weighted by Crippen LogP contribution is 2.28. The summed E-state index contributed by atoms with van der Waals surface area (Å²) in [5.74, 6) is 0.715. The van der Waals surface area contributed by atoms with Crippen molar-refractivity contribution in [2.45, 2.75) is 64.0 Å². The van der Waals surface area contributed by atoms with E-state index in [0.717, 1.165) is 24.1 Å². The fourth-order valence-electron chi connectivity index (χ4n) is 4.43. The Labute approximate surface area is 171 Å². The van der Waals surface area contributed by atoms with Gasteiger partial charge in [0, 0.05) is 38.0 Å². The monoisotopic (exact) mass is 396 g/mol. The van der Waals surface area contributed by atoms with Gasteiger partial charge < -0.3 is 9.80 Å². The van der Waals surface area contributed by atoms with Gasteiger partial charge >= 0.3 is 0 Å². The molecule has 1 N–H and O–H groups in total. The number of nitrogens with zero attached hydrogens (tertiary/aromatic N) is 3. The van der Waals surface area contributed by atoms with Gasteiger partial charge in [-0.15, -0.1) is 0 Å². The van der Waals surface area contributed by atoms with Crippen LogP contribution in [0.4, 0.5) is 5.69 Å². The topological polar surface area (TPSA) is 82.1 Å². The Morgan fingerprint density at radius 2 is 1.97 bits per heavy atom. The van der Waals surface area contributed by atoms with Crippen molar-refractivity contribution >= 4 is 29.2 Å². The highest BCUT2D eigenvalue weighted by molar-refractivity contribution is 6.06. The van der Waals surface area contributed by atoms with Crippen LogP contribution in [0.5, 0.6) is 0 Å². The summed E-state index contributed by atoms with van der Waals surface area (Å²) in [6, 6.07) is 5.86. The van der Waals surface area contributed by atoms with Crippen molar-refractivity contribution in [3.05, 3.63) is 29.3 Å². The number of ketones is 1. The molecule has 2 aliphatic heterocycles. The fraction of sp³-hybridized carbons (Fsp3) is 0.545.